The van der Waals surface area contributed by atoms with Gasteiger partial charge in [-0.05, 0) is 49.9 Å². The summed E-state index contributed by atoms with van der Waals surface area (Å²) >= 11 is 0. The second-order valence-corrected chi connectivity index (χ2v) is 4.92. The third-order valence-electron chi connectivity index (χ3n) is 4.00. The van der Waals surface area contributed by atoms with Crippen molar-refractivity contribution < 1.29 is 9.90 Å². The van der Waals surface area contributed by atoms with E-state index in [0.717, 1.165) is 31.1 Å². The van der Waals surface area contributed by atoms with E-state index >= 15 is 0 Å². The molecule has 0 radical (unpaired) electrons. The van der Waals surface area contributed by atoms with Crippen molar-refractivity contribution >= 4 is 5.97 Å². The van der Waals surface area contributed by atoms with Crippen LogP contribution in [-0.4, -0.2) is 11.1 Å². The van der Waals surface area contributed by atoms with E-state index in [1.165, 1.54) is 12.8 Å². The van der Waals surface area contributed by atoms with Crippen LogP contribution in [0.25, 0.3) is 0 Å². The molecule has 0 spiro atoms. The van der Waals surface area contributed by atoms with E-state index in [4.69, 9.17) is 5.11 Å². The first-order valence-corrected chi connectivity index (χ1v) is 5.39. The number of rotatable bonds is 1. The molecule has 2 fully saturated rings. The van der Waals surface area contributed by atoms with Gasteiger partial charge in [-0.1, -0.05) is 6.92 Å². The van der Waals surface area contributed by atoms with Crippen LogP contribution in [0.1, 0.15) is 39.0 Å². The van der Waals surface area contributed by atoms with Gasteiger partial charge in [-0.15, -0.1) is 0 Å². The summed E-state index contributed by atoms with van der Waals surface area (Å²) in [6, 6.07) is 0. The van der Waals surface area contributed by atoms with Gasteiger partial charge in [0.2, 0.25) is 0 Å². The maximum atomic E-state index is 10.9. The average molecular weight is 182 g/mol. The minimum Gasteiger partial charge on any atom is -0.481 e. The number of carbonyl (C=O) groups is 1. The maximum Gasteiger partial charge on any atom is 0.306 e. The number of carboxylic acid groups (broad SMARTS) is 1. The van der Waals surface area contributed by atoms with Crippen LogP contribution in [0.3, 0.4) is 0 Å². The topological polar surface area (TPSA) is 37.3 Å². The average Bonchev–Trinajstić information content (AvgIpc) is 2.31. The zero-order chi connectivity index (χ0) is 9.42. The van der Waals surface area contributed by atoms with E-state index in [9.17, 15) is 4.79 Å². The van der Waals surface area contributed by atoms with Crippen molar-refractivity contribution in [1.29, 1.82) is 0 Å². The second kappa shape index (κ2) is 3.32. The quantitative estimate of drug-likeness (QED) is 0.676. The third kappa shape index (κ3) is 1.72. The van der Waals surface area contributed by atoms with Gasteiger partial charge in [0.15, 0.2) is 0 Å². The van der Waals surface area contributed by atoms with E-state index < -0.39 is 5.97 Å². The van der Waals surface area contributed by atoms with Crippen molar-refractivity contribution in [3.63, 3.8) is 0 Å². The van der Waals surface area contributed by atoms with Crippen molar-refractivity contribution in [3.05, 3.63) is 0 Å². The van der Waals surface area contributed by atoms with Gasteiger partial charge >= 0.3 is 5.97 Å². The molecule has 4 unspecified atom stereocenters. The molecule has 0 heterocycles. The molecule has 74 valence electrons. The predicted molar refractivity (Wildman–Crippen MR) is 50.4 cm³/mol. The lowest BCUT2D eigenvalue weighted by Crippen LogP contribution is -2.17. The van der Waals surface area contributed by atoms with Crippen LogP contribution in [0.5, 0.6) is 0 Å². The van der Waals surface area contributed by atoms with E-state index in [1.54, 1.807) is 0 Å². The normalized spacial score (nSPS) is 44.4. The van der Waals surface area contributed by atoms with Gasteiger partial charge < -0.3 is 5.11 Å². The highest BCUT2D eigenvalue weighted by molar-refractivity contribution is 5.70. The van der Waals surface area contributed by atoms with Gasteiger partial charge in [-0.25, -0.2) is 0 Å². The molecule has 0 saturated heterocycles. The highest BCUT2D eigenvalue weighted by Gasteiger charge is 2.37. The molecular weight excluding hydrogens is 164 g/mol. The molecule has 2 rings (SSSR count). The Kier molecular flexibility index (Phi) is 2.31. The Hall–Kier alpha value is -0.530. The summed E-state index contributed by atoms with van der Waals surface area (Å²) in [6.45, 7) is 2.33. The van der Waals surface area contributed by atoms with Crippen molar-refractivity contribution in [3.8, 4) is 0 Å². The van der Waals surface area contributed by atoms with Crippen LogP contribution in [0.2, 0.25) is 0 Å². The zero-order valence-corrected chi connectivity index (χ0v) is 8.20. The lowest BCUT2D eigenvalue weighted by atomic mass is 9.87. The molecule has 13 heavy (non-hydrogen) atoms. The maximum absolute atomic E-state index is 10.9. The smallest absolute Gasteiger partial charge is 0.306 e. The van der Waals surface area contributed by atoms with E-state index in [0.29, 0.717) is 5.92 Å². The molecule has 0 aliphatic heterocycles. The van der Waals surface area contributed by atoms with Crippen molar-refractivity contribution in [2.75, 3.05) is 0 Å². The Morgan fingerprint density at radius 3 is 2.69 bits per heavy atom. The summed E-state index contributed by atoms with van der Waals surface area (Å²) < 4.78 is 0. The molecule has 0 aromatic carbocycles. The molecule has 2 heteroatoms. The van der Waals surface area contributed by atoms with Crippen LogP contribution >= 0.6 is 0 Å². The Morgan fingerprint density at radius 2 is 2.00 bits per heavy atom. The summed E-state index contributed by atoms with van der Waals surface area (Å²) in [7, 11) is 0. The number of fused-ring (bicyclic) bond motifs is 2. The van der Waals surface area contributed by atoms with Gasteiger partial charge in [0, 0.05) is 0 Å². The Morgan fingerprint density at radius 1 is 1.23 bits per heavy atom. The summed E-state index contributed by atoms with van der Waals surface area (Å²) in [5.74, 6) is 1.78. The SMILES string of the molecule is CC1CC2CC(C(=O)O)CCC1C2. The first-order chi connectivity index (χ1) is 6.16. The molecule has 0 amide bonds. The molecule has 2 aliphatic rings. The van der Waals surface area contributed by atoms with E-state index in [2.05, 4.69) is 6.92 Å². The number of hydrogen-bond donors (Lipinski definition) is 1. The molecule has 2 nitrogen and oxygen atoms in total. The van der Waals surface area contributed by atoms with Gasteiger partial charge in [-0.2, -0.15) is 0 Å². The summed E-state index contributed by atoms with van der Waals surface area (Å²) in [5, 5.41) is 8.96. The standard InChI is InChI=1S/C11H18O2/c1-7-4-8-5-9(7)2-3-10(6-8)11(12)13/h7-10H,2-6H2,1H3,(H,12,13). The second-order valence-electron chi connectivity index (χ2n) is 4.92. The Balaban J connectivity index is 2.02. The van der Waals surface area contributed by atoms with Crippen LogP contribution in [0.4, 0.5) is 0 Å². The Bertz CT molecular complexity index is 212. The highest BCUT2D eigenvalue weighted by atomic mass is 16.4. The number of carboxylic acids is 1. The monoisotopic (exact) mass is 182 g/mol. The van der Waals surface area contributed by atoms with E-state index in [1.807, 2.05) is 0 Å². The number of hydrogen-bond acceptors (Lipinski definition) is 1. The van der Waals surface area contributed by atoms with Crippen LogP contribution in [0.15, 0.2) is 0 Å². The van der Waals surface area contributed by atoms with Crippen LogP contribution in [-0.2, 0) is 4.79 Å². The highest BCUT2D eigenvalue weighted by Crippen LogP contribution is 2.45. The Labute approximate surface area is 79.3 Å². The summed E-state index contributed by atoms with van der Waals surface area (Å²) in [6.07, 6.45) is 5.57. The fourth-order valence-electron chi connectivity index (χ4n) is 3.23. The largest absolute Gasteiger partial charge is 0.481 e. The minimum atomic E-state index is -0.569. The van der Waals surface area contributed by atoms with E-state index in [-0.39, 0.29) is 5.92 Å². The predicted octanol–water partition coefficient (Wildman–Crippen LogP) is 2.53. The third-order valence-corrected chi connectivity index (χ3v) is 4.00. The molecular formula is C11H18O2. The molecule has 4 atom stereocenters. The van der Waals surface area contributed by atoms with Gasteiger partial charge in [0.25, 0.3) is 0 Å². The van der Waals surface area contributed by atoms with Gasteiger partial charge in [0.05, 0.1) is 5.92 Å². The molecule has 0 aromatic rings. The summed E-state index contributed by atoms with van der Waals surface area (Å²) in [4.78, 5) is 10.9. The summed E-state index contributed by atoms with van der Waals surface area (Å²) in [5.41, 5.74) is 0. The molecule has 2 bridgehead atoms. The first-order valence-electron chi connectivity index (χ1n) is 5.39. The lowest BCUT2D eigenvalue weighted by molar-refractivity contribution is -0.142. The lowest BCUT2D eigenvalue weighted by Gasteiger charge is -2.18. The fraction of sp³-hybridized carbons (Fsp3) is 0.909. The van der Waals surface area contributed by atoms with Gasteiger partial charge in [-0.3, -0.25) is 4.79 Å². The van der Waals surface area contributed by atoms with Crippen molar-refractivity contribution in [2.24, 2.45) is 23.7 Å². The van der Waals surface area contributed by atoms with Crippen molar-refractivity contribution in [1.82, 2.24) is 0 Å². The fourth-order valence-corrected chi connectivity index (χ4v) is 3.23. The minimum absolute atomic E-state index is 0.0394. The first kappa shape index (κ1) is 9.04. The zero-order valence-electron chi connectivity index (χ0n) is 8.20. The van der Waals surface area contributed by atoms with Gasteiger partial charge in [0.1, 0.15) is 0 Å². The van der Waals surface area contributed by atoms with Crippen LogP contribution < -0.4 is 0 Å². The molecule has 1 N–H and O–H groups in total. The molecule has 2 saturated carbocycles. The molecule has 0 aromatic heterocycles. The number of aliphatic carboxylic acids is 1. The van der Waals surface area contributed by atoms with Crippen molar-refractivity contribution in [2.45, 2.75) is 39.0 Å². The van der Waals surface area contributed by atoms with Crippen LogP contribution in [0, 0.1) is 23.7 Å². The molecule has 2 aliphatic carbocycles.